The summed E-state index contributed by atoms with van der Waals surface area (Å²) in [6.45, 7) is 4.06. The summed E-state index contributed by atoms with van der Waals surface area (Å²) in [7, 11) is 1.25. The van der Waals surface area contributed by atoms with E-state index >= 15 is 0 Å². The zero-order valence-electron chi connectivity index (χ0n) is 12.2. The molecule has 114 valence electrons. The van der Waals surface area contributed by atoms with Crippen molar-refractivity contribution >= 4 is 18.0 Å². The number of amides is 2. The molecular formula is C13H22N2O5. The number of carboxylic acid groups (broad SMARTS) is 1. The van der Waals surface area contributed by atoms with Gasteiger partial charge >= 0.3 is 18.0 Å². The van der Waals surface area contributed by atoms with Gasteiger partial charge < -0.3 is 19.6 Å². The van der Waals surface area contributed by atoms with Gasteiger partial charge in [0.1, 0.15) is 12.1 Å². The van der Waals surface area contributed by atoms with E-state index in [1.54, 1.807) is 13.8 Å². The molecule has 0 aromatic carbocycles. The third-order valence-electron chi connectivity index (χ3n) is 3.90. The van der Waals surface area contributed by atoms with Crippen molar-refractivity contribution in [1.82, 2.24) is 9.80 Å². The fourth-order valence-electron chi connectivity index (χ4n) is 2.60. The lowest BCUT2D eigenvalue weighted by Gasteiger charge is -2.37. The molecule has 1 aliphatic heterocycles. The minimum Gasteiger partial charge on any atom is -0.479 e. The van der Waals surface area contributed by atoms with Gasteiger partial charge in [-0.1, -0.05) is 6.92 Å². The third kappa shape index (κ3) is 2.86. The van der Waals surface area contributed by atoms with Crippen LogP contribution < -0.4 is 0 Å². The summed E-state index contributed by atoms with van der Waals surface area (Å²) in [6.07, 6.45) is 1.45. The third-order valence-corrected chi connectivity index (χ3v) is 3.90. The molecular weight excluding hydrogens is 264 g/mol. The molecule has 1 heterocycles. The number of carbonyl (C=O) groups excluding carboxylic acids is 2. The van der Waals surface area contributed by atoms with E-state index < -0.39 is 23.5 Å². The fraction of sp³-hybridized carbons (Fsp3) is 0.769. The Bertz CT molecular complexity index is 398. The molecule has 1 atom stereocenters. The summed E-state index contributed by atoms with van der Waals surface area (Å²) in [4.78, 5) is 38.0. The molecule has 0 saturated carbocycles. The van der Waals surface area contributed by atoms with Crippen LogP contribution in [0.4, 0.5) is 4.79 Å². The van der Waals surface area contributed by atoms with Crippen LogP contribution in [0.25, 0.3) is 0 Å². The van der Waals surface area contributed by atoms with Crippen molar-refractivity contribution in [2.24, 2.45) is 0 Å². The first-order chi connectivity index (χ1) is 9.42. The molecule has 0 aromatic heterocycles. The topological polar surface area (TPSA) is 87.2 Å². The van der Waals surface area contributed by atoms with Gasteiger partial charge in [-0.15, -0.1) is 0 Å². The van der Waals surface area contributed by atoms with Crippen LogP contribution in [0.15, 0.2) is 0 Å². The van der Waals surface area contributed by atoms with E-state index in [1.807, 2.05) is 0 Å². The Morgan fingerprint density at radius 1 is 1.35 bits per heavy atom. The SMILES string of the molecule is CCN(CC(=O)OC)C(=O)N1CCCC1(CC)C(=O)O. The Morgan fingerprint density at radius 3 is 2.45 bits per heavy atom. The van der Waals surface area contributed by atoms with E-state index in [-0.39, 0.29) is 6.54 Å². The lowest BCUT2D eigenvalue weighted by molar-refractivity contribution is -0.148. The fourth-order valence-corrected chi connectivity index (χ4v) is 2.60. The summed E-state index contributed by atoms with van der Waals surface area (Å²) in [5.74, 6) is -1.50. The quantitative estimate of drug-likeness (QED) is 0.760. The lowest BCUT2D eigenvalue weighted by Crippen LogP contribution is -2.57. The van der Waals surface area contributed by atoms with Crippen molar-refractivity contribution in [3.8, 4) is 0 Å². The van der Waals surface area contributed by atoms with Crippen LogP contribution in [0, 0.1) is 0 Å². The van der Waals surface area contributed by atoms with Crippen molar-refractivity contribution in [2.75, 3.05) is 26.7 Å². The predicted octanol–water partition coefficient (Wildman–Crippen LogP) is 0.930. The van der Waals surface area contributed by atoms with Gasteiger partial charge in [0.2, 0.25) is 0 Å². The average Bonchev–Trinajstić information content (AvgIpc) is 2.88. The Balaban J connectivity index is 2.93. The maximum Gasteiger partial charge on any atom is 0.329 e. The second kappa shape index (κ2) is 6.58. The number of rotatable bonds is 5. The van der Waals surface area contributed by atoms with Crippen molar-refractivity contribution < 1.29 is 24.2 Å². The second-order valence-corrected chi connectivity index (χ2v) is 4.82. The number of hydrogen-bond donors (Lipinski definition) is 1. The van der Waals surface area contributed by atoms with Crippen LogP contribution in [-0.4, -0.2) is 65.2 Å². The van der Waals surface area contributed by atoms with Gasteiger partial charge in [0.15, 0.2) is 0 Å². The molecule has 0 radical (unpaired) electrons. The minimum atomic E-state index is -1.15. The average molecular weight is 286 g/mol. The maximum atomic E-state index is 12.5. The molecule has 2 amide bonds. The normalized spacial score (nSPS) is 21.6. The highest BCUT2D eigenvalue weighted by Gasteiger charge is 2.49. The Kier molecular flexibility index (Phi) is 5.35. The van der Waals surface area contributed by atoms with Crippen LogP contribution in [-0.2, 0) is 14.3 Å². The van der Waals surface area contributed by atoms with E-state index in [0.717, 1.165) is 0 Å². The molecule has 1 rings (SSSR count). The number of carboxylic acids is 1. The first-order valence-electron chi connectivity index (χ1n) is 6.79. The Hall–Kier alpha value is -1.79. The van der Waals surface area contributed by atoms with Crippen molar-refractivity contribution in [3.05, 3.63) is 0 Å². The standard InChI is InChI=1S/C13H22N2O5/c1-4-13(11(17)18)7-6-8-15(13)12(19)14(5-2)9-10(16)20-3/h4-9H2,1-3H3,(H,17,18). The number of urea groups is 1. The van der Waals surface area contributed by atoms with E-state index in [1.165, 1.54) is 16.9 Å². The lowest BCUT2D eigenvalue weighted by atomic mass is 9.93. The van der Waals surface area contributed by atoms with Crippen LogP contribution in [0.1, 0.15) is 33.1 Å². The van der Waals surface area contributed by atoms with Gasteiger partial charge in [0.05, 0.1) is 7.11 Å². The molecule has 1 N–H and O–H groups in total. The van der Waals surface area contributed by atoms with Crippen LogP contribution in [0.3, 0.4) is 0 Å². The molecule has 1 saturated heterocycles. The molecule has 0 aromatic rings. The number of hydrogen-bond acceptors (Lipinski definition) is 4. The number of likely N-dealkylation sites (N-methyl/N-ethyl adjacent to an activating group) is 1. The highest BCUT2D eigenvalue weighted by Crippen LogP contribution is 2.33. The zero-order valence-corrected chi connectivity index (χ0v) is 12.2. The van der Waals surface area contributed by atoms with Gasteiger partial charge in [-0.25, -0.2) is 9.59 Å². The highest BCUT2D eigenvalue weighted by molar-refractivity contribution is 5.88. The van der Waals surface area contributed by atoms with Crippen molar-refractivity contribution in [2.45, 2.75) is 38.6 Å². The minimum absolute atomic E-state index is 0.165. The monoisotopic (exact) mass is 286 g/mol. The number of likely N-dealkylation sites (tertiary alicyclic amines) is 1. The summed E-state index contributed by atoms with van der Waals surface area (Å²) in [6, 6.07) is -0.417. The smallest absolute Gasteiger partial charge is 0.329 e. The predicted molar refractivity (Wildman–Crippen MR) is 71.3 cm³/mol. The Labute approximate surface area is 118 Å². The van der Waals surface area contributed by atoms with E-state index in [4.69, 9.17) is 0 Å². The van der Waals surface area contributed by atoms with Crippen molar-refractivity contribution in [1.29, 1.82) is 0 Å². The molecule has 20 heavy (non-hydrogen) atoms. The highest BCUT2D eigenvalue weighted by atomic mass is 16.5. The first-order valence-corrected chi connectivity index (χ1v) is 6.79. The van der Waals surface area contributed by atoms with Crippen LogP contribution in [0.5, 0.6) is 0 Å². The number of esters is 1. The van der Waals surface area contributed by atoms with E-state index in [0.29, 0.717) is 32.4 Å². The second-order valence-electron chi connectivity index (χ2n) is 4.82. The van der Waals surface area contributed by atoms with Gasteiger partial charge in [0.25, 0.3) is 0 Å². The number of carbonyl (C=O) groups is 3. The Morgan fingerprint density at radius 2 is 2.00 bits per heavy atom. The molecule has 1 unspecified atom stereocenters. The van der Waals surface area contributed by atoms with Gasteiger partial charge in [-0.2, -0.15) is 0 Å². The summed E-state index contributed by atoms with van der Waals surface area (Å²) in [5, 5.41) is 9.46. The molecule has 1 aliphatic rings. The number of aliphatic carboxylic acids is 1. The van der Waals surface area contributed by atoms with Crippen LogP contribution >= 0.6 is 0 Å². The first kappa shape index (κ1) is 16.3. The molecule has 0 aliphatic carbocycles. The number of methoxy groups -OCH3 is 1. The molecule has 0 bridgehead atoms. The number of ether oxygens (including phenoxy) is 1. The molecule has 0 spiro atoms. The largest absolute Gasteiger partial charge is 0.479 e. The van der Waals surface area contributed by atoms with Crippen molar-refractivity contribution in [3.63, 3.8) is 0 Å². The summed E-state index contributed by atoms with van der Waals surface area (Å²) in [5.41, 5.74) is -1.15. The molecule has 7 nitrogen and oxygen atoms in total. The maximum absolute atomic E-state index is 12.5. The summed E-state index contributed by atoms with van der Waals surface area (Å²) < 4.78 is 4.55. The van der Waals surface area contributed by atoms with Gasteiger partial charge in [0, 0.05) is 13.1 Å². The number of nitrogens with zero attached hydrogens (tertiary/aromatic N) is 2. The molecule has 7 heteroatoms. The van der Waals surface area contributed by atoms with E-state index in [2.05, 4.69) is 4.74 Å². The summed E-state index contributed by atoms with van der Waals surface area (Å²) >= 11 is 0. The van der Waals surface area contributed by atoms with Crippen LogP contribution in [0.2, 0.25) is 0 Å². The van der Waals surface area contributed by atoms with Gasteiger partial charge in [-0.3, -0.25) is 4.79 Å². The molecule has 1 fully saturated rings. The van der Waals surface area contributed by atoms with Gasteiger partial charge in [-0.05, 0) is 26.2 Å². The zero-order chi connectivity index (χ0) is 15.3. The van der Waals surface area contributed by atoms with E-state index in [9.17, 15) is 19.5 Å².